The number of halogens is 1. The van der Waals surface area contributed by atoms with Crippen molar-refractivity contribution in [3.63, 3.8) is 0 Å². The summed E-state index contributed by atoms with van der Waals surface area (Å²) in [5, 5.41) is 0.643. The Bertz CT molecular complexity index is 590. The molecular formula is C12H12ClN3O. The molecule has 5 heteroatoms. The Morgan fingerprint density at radius 3 is 2.59 bits per heavy atom. The number of rotatable bonds is 2. The van der Waals surface area contributed by atoms with Crippen LogP contribution >= 0.6 is 11.6 Å². The van der Waals surface area contributed by atoms with Gasteiger partial charge in [0.15, 0.2) is 0 Å². The molecule has 0 saturated carbocycles. The van der Waals surface area contributed by atoms with Crippen LogP contribution in [0.1, 0.15) is 12.5 Å². The van der Waals surface area contributed by atoms with Crippen LogP contribution in [0.4, 0.5) is 5.95 Å². The van der Waals surface area contributed by atoms with Crippen molar-refractivity contribution in [3.05, 3.63) is 45.2 Å². The molecule has 4 nitrogen and oxygen atoms in total. The first-order chi connectivity index (χ1) is 8.11. The van der Waals surface area contributed by atoms with Crippen molar-refractivity contribution in [2.24, 2.45) is 0 Å². The fourth-order valence-corrected chi connectivity index (χ4v) is 1.82. The van der Waals surface area contributed by atoms with Crippen molar-refractivity contribution < 1.29 is 0 Å². The zero-order valence-corrected chi connectivity index (χ0v) is 10.1. The molecule has 0 amide bonds. The van der Waals surface area contributed by atoms with E-state index in [1.54, 1.807) is 12.1 Å². The van der Waals surface area contributed by atoms with E-state index < -0.39 is 0 Å². The van der Waals surface area contributed by atoms with E-state index >= 15 is 0 Å². The molecule has 0 radical (unpaired) electrons. The number of nitrogens with one attached hydrogen (secondary N) is 1. The van der Waals surface area contributed by atoms with Gasteiger partial charge in [0.2, 0.25) is 5.95 Å². The Morgan fingerprint density at radius 2 is 2.00 bits per heavy atom. The number of H-pyrrole nitrogens is 1. The highest BCUT2D eigenvalue weighted by atomic mass is 35.5. The van der Waals surface area contributed by atoms with Gasteiger partial charge in [0.05, 0.1) is 5.69 Å². The van der Waals surface area contributed by atoms with Gasteiger partial charge in [0.1, 0.15) is 0 Å². The van der Waals surface area contributed by atoms with Crippen LogP contribution in [0.2, 0.25) is 5.02 Å². The second kappa shape index (κ2) is 4.59. The molecule has 3 N–H and O–H groups in total. The van der Waals surface area contributed by atoms with Gasteiger partial charge in [-0.1, -0.05) is 30.7 Å². The summed E-state index contributed by atoms with van der Waals surface area (Å²) in [7, 11) is 0. The number of nitrogens with zero attached hydrogens (tertiary/aromatic N) is 1. The second-order valence-corrected chi connectivity index (χ2v) is 4.08. The van der Waals surface area contributed by atoms with Gasteiger partial charge in [-0.3, -0.25) is 9.78 Å². The van der Waals surface area contributed by atoms with Crippen molar-refractivity contribution in [2.75, 3.05) is 5.73 Å². The molecule has 2 rings (SSSR count). The van der Waals surface area contributed by atoms with E-state index in [0.29, 0.717) is 22.7 Å². The number of anilines is 1. The lowest BCUT2D eigenvalue weighted by Crippen LogP contribution is -2.17. The number of aromatic nitrogens is 2. The number of hydrogen-bond donors (Lipinski definition) is 2. The average molecular weight is 250 g/mol. The third kappa shape index (κ3) is 2.31. The fourth-order valence-electron chi connectivity index (χ4n) is 1.69. The largest absolute Gasteiger partial charge is 0.369 e. The lowest BCUT2D eigenvalue weighted by atomic mass is 10.1. The first-order valence-electron chi connectivity index (χ1n) is 5.26. The van der Waals surface area contributed by atoms with Crippen LogP contribution in [0.3, 0.4) is 0 Å². The van der Waals surface area contributed by atoms with E-state index in [0.717, 1.165) is 5.56 Å². The van der Waals surface area contributed by atoms with Gasteiger partial charge in [-0.25, -0.2) is 4.98 Å². The van der Waals surface area contributed by atoms with Gasteiger partial charge in [0, 0.05) is 16.1 Å². The Labute approximate surface area is 103 Å². The molecule has 0 unspecified atom stereocenters. The topological polar surface area (TPSA) is 71.8 Å². The lowest BCUT2D eigenvalue weighted by Gasteiger charge is -2.07. The molecule has 0 saturated heterocycles. The minimum atomic E-state index is -0.190. The van der Waals surface area contributed by atoms with Crippen molar-refractivity contribution in [3.8, 4) is 11.3 Å². The van der Waals surface area contributed by atoms with Gasteiger partial charge in [-0.05, 0) is 18.6 Å². The van der Waals surface area contributed by atoms with E-state index in [4.69, 9.17) is 17.3 Å². The number of nitrogen functional groups attached to an aromatic ring is 1. The Hall–Kier alpha value is -1.81. The average Bonchev–Trinajstić information content (AvgIpc) is 2.29. The highest BCUT2D eigenvalue weighted by Crippen LogP contribution is 2.22. The molecule has 1 aromatic heterocycles. The number of aromatic amines is 1. The van der Waals surface area contributed by atoms with Crippen molar-refractivity contribution in [2.45, 2.75) is 13.3 Å². The second-order valence-electron chi connectivity index (χ2n) is 3.64. The Balaban J connectivity index is 2.65. The van der Waals surface area contributed by atoms with Crippen LogP contribution in [0.15, 0.2) is 29.1 Å². The Kier molecular flexibility index (Phi) is 3.15. The highest BCUT2D eigenvalue weighted by molar-refractivity contribution is 6.30. The molecule has 88 valence electrons. The van der Waals surface area contributed by atoms with Gasteiger partial charge < -0.3 is 5.73 Å². The molecule has 0 spiro atoms. The van der Waals surface area contributed by atoms with Crippen molar-refractivity contribution >= 4 is 17.5 Å². The normalized spacial score (nSPS) is 10.5. The predicted molar refractivity (Wildman–Crippen MR) is 69.1 cm³/mol. The number of nitrogens with two attached hydrogens (primary N) is 1. The standard InChI is InChI=1S/C12H12ClN3O/c1-2-9-10(15-12(14)16-11(9)17)7-3-5-8(13)6-4-7/h3-6H,2H2,1H3,(H3,14,15,16,17). The Morgan fingerprint density at radius 1 is 1.35 bits per heavy atom. The molecule has 0 aliphatic heterocycles. The molecule has 1 aromatic carbocycles. The zero-order chi connectivity index (χ0) is 12.4. The minimum absolute atomic E-state index is 0.122. The first kappa shape index (κ1) is 11.7. The summed E-state index contributed by atoms with van der Waals surface area (Å²) in [6.45, 7) is 1.90. The number of hydrogen-bond acceptors (Lipinski definition) is 3. The van der Waals surface area contributed by atoms with Crippen LogP contribution < -0.4 is 11.3 Å². The maximum absolute atomic E-state index is 11.7. The monoisotopic (exact) mass is 249 g/mol. The van der Waals surface area contributed by atoms with E-state index in [1.165, 1.54) is 0 Å². The van der Waals surface area contributed by atoms with Crippen molar-refractivity contribution in [1.82, 2.24) is 9.97 Å². The quantitative estimate of drug-likeness (QED) is 0.857. The molecular weight excluding hydrogens is 238 g/mol. The van der Waals surface area contributed by atoms with Gasteiger partial charge >= 0.3 is 0 Å². The smallest absolute Gasteiger partial charge is 0.256 e. The summed E-state index contributed by atoms with van der Waals surface area (Å²) in [5.41, 5.74) is 7.45. The van der Waals surface area contributed by atoms with Gasteiger partial charge in [-0.2, -0.15) is 0 Å². The van der Waals surface area contributed by atoms with E-state index in [9.17, 15) is 4.79 Å². The van der Waals surface area contributed by atoms with Crippen LogP contribution in [-0.2, 0) is 6.42 Å². The molecule has 2 aromatic rings. The third-order valence-corrected chi connectivity index (χ3v) is 2.76. The molecule has 1 heterocycles. The van der Waals surface area contributed by atoms with Crippen LogP contribution in [0, 0.1) is 0 Å². The molecule has 17 heavy (non-hydrogen) atoms. The SMILES string of the molecule is CCc1c(-c2ccc(Cl)cc2)nc(N)[nH]c1=O. The van der Waals surface area contributed by atoms with Crippen molar-refractivity contribution in [1.29, 1.82) is 0 Å². The maximum Gasteiger partial charge on any atom is 0.256 e. The summed E-state index contributed by atoms with van der Waals surface area (Å²) in [4.78, 5) is 18.4. The first-order valence-corrected chi connectivity index (χ1v) is 5.64. The predicted octanol–water partition coefficient (Wildman–Crippen LogP) is 2.23. The maximum atomic E-state index is 11.7. The number of benzene rings is 1. The molecule has 0 aliphatic rings. The summed E-state index contributed by atoms with van der Waals surface area (Å²) in [6.07, 6.45) is 0.598. The van der Waals surface area contributed by atoms with Crippen LogP contribution in [0.5, 0.6) is 0 Å². The summed E-state index contributed by atoms with van der Waals surface area (Å²) in [5.74, 6) is 0.122. The lowest BCUT2D eigenvalue weighted by molar-refractivity contribution is 1.02. The van der Waals surface area contributed by atoms with Crippen LogP contribution in [-0.4, -0.2) is 9.97 Å². The van der Waals surface area contributed by atoms with Gasteiger partial charge in [-0.15, -0.1) is 0 Å². The summed E-state index contributed by atoms with van der Waals surface area (Å²) in [6, 6.07) is 7.16. The third-order valence-electron chi connectivity index (χ3n) is 2.51. The summed E-state index contributed by atoms with van der Waals surface area (Å²) < 4.78 is 0. The molecule has 0 atom stereocenters. The minimum Gasteiger partial charge on any atom is -0.369 e. The molecule has 0 bridgehead atoms. The van der Waals surface area contributed by atoms with E-state index in [1.807, 2.05) is 19.1 Å². The van der Waals surface area contributed by atoms with Crippen LogP contribution in [0.25, 0.3) is 11.3 Å². The zero-order valence-electron chi connectivity index (χ0n) is 9.33. The fraction of sp³-hybridized carbons (Fsp3) is 0.167. The molecule has 0 aliphatic carbocycles. The highest BCUT2D eigenvalue weighted by Gasteiger charge is 2.10. The van der Waals surface area contributed by atoms with E-state index in [-0.39, 0.29) is 11.5 Å². The van der Waals surface area contributed by atoms with Gasteiger partial charge in [0.25, 0.3) is 5.56 Å². The van der Waals surface area contributed by atoms with E-state index in [2.05, 4.69) is 9.97 Å². The molecule has 0 fully saturated rings. The summed E-state index contributed by atoms with van der Waals surface area (Å²) >= 11 is 5.82.